The van der Waals surface area contributed by atoms with Crippen LogP contribution in [-0.4, -0.2) is 30.4 Å². The van der Waals surface area contributed by atoms with E-state index in [4.69, 9.17) is 4.74 Å². The molecule has 1 saturated heterocycles. The highest BCUT2D eigenvalue weighted by Gasteiger charge is 2.38. The monoisotopic (exact) mass is 313 g/mol. The molecule has 0 bridgehead atoms. The van der Waals surface area contributed by atoms with Gasteiger partial charge in [-0.25, -0.2) is 0 Å². The number of ether oxygens (including phenoxy) is 1. The Morgan fingerprint density at radius 2 is 1.86 bits per heavy atom. The third-order valence-corrected chi connectivity index (χ3v) is 6.10. The molecule has 1 heterocycles. The van der Waals surface area contributed by atoms with Crippen molar-refractivity contribution < 1.29 is 17.9 Å². The first kappa shape index (κ1) is 14.7. The molecule has 0 N–H and O–H groups in total. The minimum absolute atomic E-state index is 0.0159. The maximum Gasteiger partial charge on any atom is 0.411 e. The number of rotatable bonds is 3. The van der Waals surface area contributed by atoms with Crippen molar-refractivity contribution >= 4 is 21.7 Å². The fourth-order valence-corrected chi connectivity index (χ4v) is 5.25. The van der Waals surface area contributed by atoms with Crippen LogP contribution in [0.25, 0.3) is 10.8 Å². The largest absolute Gasteiger partial charge is 0.411 e. The Balaban J connectivity index is 1.73. The zero-order chi connectivity index (χ0) is 14.9. The van der Waals surface area contributed by atoms with Gasteiger partial charge in [0.25, 0.3) is 0 Å². The maximum absolute atomic E-state index is 12.2. The molecule has 0 saturated carbocycles. The molecule has 0 radical (unpaired) electrons. The molecule has 5 heteroatoms. The van der Waals surface area contributed by atoms with E-state index in [-0.39, 0.29) is 17.0 Å². The quantitative estimate of drug-likeness (QED) is 0.773. The number of hydrogen-bond donors (Lipinski definition) is 0. The fourth-order valence-electron chi connectivity index (χ4n) is 2.66. The van der Waals surface area contributed by atoms with Crippen molar-refractivity contribution in [2.24, 2.45) is 0 Å². The van der Waals surface area contributed by atoms with Crippen molar-refractivity contribution in [1.82, 2.24) is 0 Å². The minimum Gasteiger partial charge on any atom is -0.364 e. The molecule has 1 fully saturated rings. The summed E-state index contributed by atoms with van der Waals surface area (Å²) in [6.45, 7) is -1.13. The molecule has 0 aromatic heterocycles. The number of fused-ring (bicyclic) bond motifs is 1. The number of halogens is 3. The predicted octanol–water partition coefficient (Wildman–Crippen LogP) is 4.17. The van der Waals surface area contributed by atoms with Crippen LogP contribution in [0.4, 0.5) is 13.2 Å². The second-order valence-corrected chi connectivity index (χ2v) is 7.34. The molecule has 1 nitrogen and oxygen atoms in total. The first-order valence-electron chi connectivity index (χ1n) is 6.86. The van der Waals surface area contributed by atoms with Gasteiger partial charge in [-0.15, -0.1) is 0 Å². The minimum atomic E-state index is -4.24. The Bertz CT molecular complexity index is 621. The standard InChI is InChI=1S/C16H16F3OS/c17-16(18,19)11-20-13-8-9-21(10-13)15-7-3-5-12-4-1-2-6-14(12)15/h1-7,13H,8-11H2/q+1. The van der Waals surface area contributed by atoms with Crippen LogP contribution in [0.15, 0.2) is 47.4 Å². The molecule has 3 rings (SSSR count). The van der Waals surface area contributed by atoms with Crippen molar-refractivity contribution in [3.63, 3.8) is 0 Å². The maximum atomic E-state index is 12.2. The molecular formula is C16H16F3OS+. The molecule has 0 aliphatic carbocycles. The smallest absolute Gasteiger partial charge is 0.364 e. The molecule has 2 aromatic rings. The molecular weight excluding hydrogens is 297 g/mol. The average molecular weight is 313 g/mol. The predicted molar refractivity (Wildman–Crippen MR) is 79.7 cm³/mol. The van der Waals surface area contributed by atoms with Gasteiger partial charge in [-0.3, -0.25) is 0 Å². The van der Waals surface area contributed by atoms with Gasteiger partial charge in [0.1, 0.15) is 24.2 Å². The van der Waals surface area contributed by atoms with Gasteiger partial charge in [0, 0.05) is 22.7 Å². The van der Waals surface area contributed by atoms with Gasteiger partial charge < -0.3 is 4.74 Å². The molecule has 2 unspecified atom stereocenters. The summed E-state index contributed by atoms with van der Waals surface area (Å²) < 4.78 is 41.7. The number of benzene rings is 2. The zero-order valence-corrected chi connectivity index (χ0v) is 12.2. The van der Waals surface area contributed by atoms with E-state index >= 15 is 0 Å². The molecule has 1 aliphatic heterocycles. The van der Waals surface area contributed by atoms with E-state index in [9.17, 15) is 13.2 Å². The van der Waals surface area contributed by atoms with Gasteiger partial charge >= 0.3 is 6.18 Å². The Hall–Kier alpha value is -1.20. The van der Waals surface area contributed by atoms with Crippen LogP contribution < -0.4 is 0 Å². The summed E-state index contributed by atoms with van der Waals surface area (Å²) >= 11 is 0. The number of alkyl halides is 3. The van der Waals surface area contributed by atoms with E-state index in [0.717, 1.165) is 5.75 Å². The lowest BCUT2D eigenvalue weighted by atomic mass is 10.1. The van der Waals surface area contributed by atoms with Crippen LogP contribution in [0.1, 0.15) is 6.42 Å². The molecule has 1 aliphatic rings. The Labute approximate surface area is 124 Å². The lowest BCUT2D eigenvalue weighted by Gasteiger charge is -2.11. The first-order valence-corrected chi connectivity index (χ1v) is 8.43. The second kappa shape index (κ2) is 5.89. The highest BCUT2D eigenvalue weighted by atomic mass is 32.2. The van der Waals surface area contributed by atoms with Crippen LogP contribution in [0.5, 0.6) is 0 Å². The van der Waals surface area contributed by atoms with E-state index in [0.29, 0.717) is 12.2 Å². The third-order valence-electron chi connectivity index (χ3n) is 3.62. The van der Waals surface area contributed by atoms with Crippen LogP contribution >= 0.6 is 0 Å². The van der Waals surface area contributed by atoms with Gasteiger partial charge in [-0.05, 0) is 17.5 Å². The van der Waals surface area contributed by atoms with Crippen LogP contribution in [0.3, 0.4) is 0 Å². The SMILES string of the molecule is FC(F)(F)COC1CC[S+](c2cccc3ccccc23)C1. The van der Waals surface area contributed by atoms with Crippen molar-refractivity contribution in [2.75, 3.05) is 18.1 Å². The second-order valence-electron chi connectivity index (χ2n) is 5.18. The first-order chi connectivity index (χ1) is 10.0. The van der Waals surface area contributed by atoms with Crippen LogP contribution in [0.2, 0.25) is 0 Å². The molecule has 21 heavy (non-hydrogen) atoms. The van der Waals surface area contributed by atoms with E-state index in [1.165, 1.54) is 15.7 Å². The van der Waals surface area contributed by atoms with E-state index in [1.54, 1.807) is 0 Å². The normalized spacial score (nSPS) is 22.8. The Morgan fingerprint density at radius 3 is 2.67 bits per heavy atom. The summed E-state index contributed by atoms with van der Waals surface area (Å²) in [6.07, 6.45) is -3.79. The van der Waals surface area contributed by atoms with Gasteiger partial charge in [-0.1, -0.05) is 30.3 Å². The molecule has 2 aromatic carbocycles. The van der Waals surface area contributed by atoms with Gasteiger partial charge in [0.05, 0.1) is 0 Å². The number of hydrogen-bond acceptors (Lipinski definition) is 1. The Kier molecular flexibility index (Phi) is 4.13. The van der Waals surface area contributed by atoms with Gasteiger partial charge in [0.2, 0.25) is 0 Å². The topological polar surface area (TPSA) is 9.23 Å². The summed E-state index contributed by atoms with van der Waals surface area (Å²) in [7, 11) is -0.0159. The summed E-state index contributed by atoms with van der Waals surface area (Å²) in [5, 5.41) is 2.39. The van der Waals surface area contributed by atoms with Gasteiger partial charge in [-0.2, -0.15) is 13.2 Å². The average Bonchev–Trinajstić information content (AvgIpc) is 2.92. The summed E-state index contributed by atoms with van der Waals surface area (Å²) in [6, 6.07) is 14.3. The summed E-state index contributed by atoms with van der Waals surface area (Å²) in [5.74, 6) is 1.61. The lowest BCUT2D eigenvalue weighted by Crippen LogP contribution is -2.24. The van der Waals surface area contributed by atoms with Gasteiger partial charge in [0.15, 0.2) is 4.90 Å². The van der Waals surface area contributed by atoms with Crippen molar-refractivity contribution in [3.05, 3.63) is 42.5 Å². The molecule has 2 atom stereocenters. The molecule has 0 spiro atoms. The highest BCUT2D eigenvalue weighted by molar-refractivity contribution is 7.97. The zero-order valence-electron chi connectivity index (χ0n) is 11.4. The lowest BCUT2D eigenvalue weighted by molar-refractivity contribution is -0.182. The van der Waals surface area contributed by atoms with E-state index in [2.05, 4.69) is 24.3 Å². The van der Waals surface area contributed by atoms with Crippen molar-refractivity contribution in [1.29, 1.82) is 0 Å². The molecule has 0 amide bonds. The van der Waals surface area contributed by atoms with E-state index < -0.39 is 12.8 Å². The van der Waals surface area contributed by atoms with Crippen LogP contribution in [-0.2, 0) is 15.6 Å². The summed E-state index contributed by atoms with van der Waals surface area (Å²) in [5.41, 5.74) is 0. The molecule has 112 valence electrons. The van der Waals surface area contributed by atoms with E-state index in [1.807, 2.05) is 18.2 Å². The summed E-state index contributed by atoms with van der Waals surface area (Å²) in [4.78, 5) is 1.26. The Morgan fingerprint density at radius 1 is 1.10 bits per heavy atom. The van der Waals surface area contributed by atoms with Crippen LogP contribution in [0, 0.1) is 0 Å². The third kappa shape index (κ3) is 3.52. The fraction of sp³-hybridized carbons (Fsp3) is 0.375. The van der Waals surface area contributed by atoms with Crippen molar-refractivity contribution in [3.8, 4) is 0 Å². The highest BCUT2D eigenvalue weighted by Crippen LogP contribution is 2.31. The van der Waals surface area contributed by atoms with Crippen molar-refractivity contribution in [2.45, 2.75) is 23.6 Å².